The second-order valence-electron chi connectivity index (χ2n) is 3.65. The number of hydrogen-bond acceptors (Lipinski definition) is 2. The minimum atomic E-state index is -0.848. The molecule has 0 atom stereocenters. The van der Waals surface area contributed by atoms with Gasteiger partial charge < -0.3 is 9.88 Å². The molecule has 0 aliphatic heterocycles. The number of aromatic nitrogens is 2. The molecule has 0 radical (unpaired) electrons. The normalized spacial score (nSPS) is 10.5. The van der Waals surface area contributed by atoms with Gasteiger partial charge >= 0.3 is 0 Å². The highest BCUT2D eigenvalue weighted by Gasteiger charge is 2.03. The van der Waals surface area contributed by atoms with Crippen LogP contribution in [0.4, 0.5) is 14.5 Å². The standard InChI is InChI=1S/C12H13F2N3/c1-2-17-8-15-6-10(17)7-16-9-3-4-11(13)12(14)5-9/h3-6,8,16H,2,7H2,1H3. The maximum absolute atomic E-state index is 13.0. The van der Waals surface area contributed by atoms with Crippen LogP contribution < -0.4 is 5.32 Å². The number of aryl methyl sites for hydroxylation is 1. The molecule has 1 aromatic carbocycles. The number of halogens is 2. The quantitative estimate of drug-likeness (QED) is 0.886. The van der Waals surface area contributed by atoms with Gasteiger partial charge in [-0.15, -0.1) is 0 Å². The highest BCUT2D eigenvalue weighted by molar-refractivity contribution is 5.43. The Labute approximate surface area is 98.1 Å². The van der Waals surface area contributed by atoms with E-state index in [0.717, 1.165) is 24.4 Å². The van der Waals surface area contributed by atoms with Gasteiger partial charge in [-0.25, -0.2) is 13.8 Å². The van der Waals surface area contributed by atoms with Crippen molar-refractivity contribution in [3.63, 3.8) is 0 Å². The lowest BCUT2D eigenvalue weighted by molar-refractivity contribution is 0.509. The Morgan fingerprint density at radius 2 is 2.12 bits per heavy atom. The lowest BCUT2D eigenvalue weighted by Gasteiger charge is -2.08. The van der Waals surface area contributed by atoms with E-state index in [2.05, 4.69) is 10.3 Å². The Kier molecular flexibility index (Phi) is 3.37. The molecular weight excluding hydrogens is 224 g/mol. The summed E-state index contributed by atoms with van der Waals surface area (Å²) in [5.41, 5.74) is 1.55. The first-order valence-corrected chi connectivity index (χ1v) is 5.38. The van der Waals surface area contributed by atoms with Crippen LogP contribution >= 0.6 is 0 Å². The number of anilines is 1. The van der Waals surface area contributed by atoms with Crippen LogP contribution in [-0.2, 0) is 13.1 Å². The first-order chi connectivity index (χ1) is 8.20. The van der Waals surface area contributed by atoms with Gasteiger partial charge in [-0.3, -0.25) is 0 Å². The van der Waals surface area contributed by atoms with E-state index < -0.39 is 11.6 Å². The van der Waals surface area contributed by atoms with Crippen LogP contribution in [0.15, 0.2) is 30.7 Å². The fourth-order valence-corrected chi connectivity index (χ4v) is 1.58. The van der Waals surface area contributed by atoms with E-state index in [4.69, 9.17) is 0 Å². The van der Waals surface area contributed by atoms with Crippen LogP contribution in [0.3, 0.4) is 0 Å². The molecule has 1 aromatic heterocycles. The van der Waals surface area contributed by atoms with Crippen LogP contribution in [-0.4, -0.2) is 9.55 Å². The maximum Gasteiger partial charge on any atom is 0.160 e. The van der Waals surface area contributed by atoms with Crippen molar-refractivity contribution in [2.45, 2.75) is 20.0 Å². The maximum atomic E-state index is 13.0. The van der Waals surface area contributed by atoms with Gasteiger partial charge in [-0.05, 0) is 19.1 Å². The first-order valence-electron chi connectivity index (χ1n) is 5.38. The number of rotatable bonds is 4. The Morgan fingerprint density at radius 3 is 2.82 bits per heavy atom. The van der Waals surface area contributed by atoms with E-state index in [9.17, 15) is 8.78 Å². The van der Waals surface area contributed by atoms with Gasteiger partial charge in [0.05, 0.1) is 18.6 Å². The highest BCUT2D eigenvalue weighted by Crippen LogP contribution is 2.14. The molecule has 3 nitrogen and oxygen atoms in total. The largest absolute Gasteiger partial charge is 0.379 e. The predicted octanol–water partition coefficient (Wildman–Crippen LogP) is 2.79. The summed E-state index contributed by atoms with van der Waals surface area (Å²) in [4.78, 5) is 4.03. The molecule has 0 amide bonds. The fourth-order valence-electron chi connectivity index (χ4n) is 1.58. The highest BCUT2D eigenvalue weighted by atomic mass is 19.2. The summed E-state index contributed by atoms with van der Waals surface area (Å²) < 4.78 is 27.7. The third-order valence-electron chi connectivity index (χ3n) is 2.53. The molecule has 0 fully saturated rings. The molecule has 0 spiro atoms. The molecular formula is C12H13F2N3. The molecule has 5 heteroatoms. The first kappa shape index (κ1) is 11.6. The smallest absolute Gasteiger partial charge is 0.160 e. The molecule has 0 saturated carbocycles. The third-order valence-corrected chi connectivity index (χ3v) is 2.53. The average molecular weight is 237 g/mol. The van der Waals surface area contributed by atoms with Crippen molar-refractivity contribution < 1.29 is 8.78 Å². The summed E-state index contributed by atoms with van der Waals surface area (Å²) >= 11 is 0. The predicted molar refractivity (Wildman–Crippen MR) is 61.6 cm³/mol. The molecule has 17 heavy (non-hydrogen) atoms. The number of nitrogens with one attached hydrogen (secondary N) is 1. The van der Waals surface area contributed by atoms with Gasteiger partial charge in [0, 0.05) is 24.5 Å². The van der Waals surface area contributed by atoms with Crippen molar-refractivity contribution in [1.82, 2.24) is 9.55 Å². The van der Waals surface area contributed by atoms with E-state index in [-0.39, 0.29) is 0 Å². The number of imidazole rings is 1. The fraction of sp³-hybridized carbons (Fsp3) is 0.250. The van der Waals surface area contributed by atoms with Gasteiger partial charge in [0.1, 0.15) is 0 Å². The molecule has 0 unspecified atom stereocenters. The van der Waals surface area contributed by atoms with Gasteiger partial charge in [-0.2, -0.15) is 0 Å². The summed E-state index contributed by atoms with van der Waals surface area (Å²) in [7, 11) is 0. The lowest BCUT2D eigenvalue weighted by atomic mass is 10.3. The second kappa shape index (κ2) is 4.95. The van der Waals surface area contributed by atoms with Crippen LogP contribution in [0.25, 0.3) is 0 Å². The van der Waals surface area contributed by atoms with Crippen LogP contribution in [0.5, 0.6) is 0 Å². The Bertz CT molecular complexity index is 508. The van der Waals surface area contributed by atoms with Gasteiger partial charge in [0.2, 0.25) is 0 Å². The zero-order valence-electron chi connectivity index (χ0n) is 9.45. The zero-order chi connectivity index (χ0) is 12.3. The van der Waals surface area contributed by atoms with Crippen molar-refractivity contribution in [3.05, 3.63) is 48.1 Å². The van der Waals surface area contributed by atoms with Crippen molar-refractivity contribution in [2.75, 3.05) is 5.32 Å². The van der Waals surface area contributed by atoms with Gasteiger partial charge in [0.15, 0.2) is 11.6 Å². The van der Waals surface area contributed by atoms with Crippen molar-refractivity contribution >= 4 is 5.69 Å². The van der Waals surface area contributed by atoms with Gasteiger partial charge in [0.25, 0.3) is 0 Å². The molecule has 0 bridgehead atoms. The minimum Gasteiger partial charge on any atom is -0.379 e. The second-order valence-corrected chi connectivity index (χ2v) is 3.65. The molecule has 90 valence electrons. The monoisotopic (exact) mass is 237 g/mol. The molecule has 2 rings (SSSR count). The molecule has 0 aliphatic rings. The summed E-state index contributed by atoms with van der Waals surface area (Å²) in [5, 5.41) is 3.02. The van der Waals surface area contributed by atoms with E-state index in [1.54, 1.807) is 12.5 Å². The zero-order valence-corrected chi connectivity index (χ0v) is 9.45. The Balaban J connectivity index is 2.05. The van der Waals surface area contributed by atoms with Crippen LogP contribution in [0.2, 0.25) is 0 Å². The summed E-state index contributed by atoms with van der Waals surface area (Å²) in [6.45, 7) is 3.37. The molecule has 0 saturated heterocycles. The van der Waals surface area contributed by atoms with Gasteiger partial charge in [-0.1, -0.05) is 0 Å². The van der Waals surface area contributed by atoms with E-state index in [0.29, 0.717) is 12.2 Å². The lowest BCUT2D eigenvalue weighted by Crippen LogP contribution is -2.06. The van der Waals surface area contributed by atoms with E-state index in [1.807, 2.05) is 11.5 Å². The number of benzene rings is 1. The Hall–Kier alpha value is -1.91. The van der Waals surface area contributed by atoms with Crippen LogP contribution in [0.1, 0.15) is 12.6 Å². The third kappa shape index (κ3) is 2.61. The minimum absolute atomic E-state index is 0.527. The van der Waals surface area contributed by atoms with Crippen molar-refractivity contribution in [1.29, 1.82) is 0 Å². The Morgan fingerprint density at radius 1 is 1.29 bits per heavy atom. The average Bonchev–Trinajstić information content (AvgIpc) is 2.78. The summed E-state index contributed by atoms with van der Waals surface area (Å²) in [6, 6.07) is 3.75. The number of hydrogen-bond donors (Lipinski definition) is 1. The summed E-state index contributed by atoms with van der Waals surface area (Å²) in [6.07, 6.45) is 3.48. The van der Waals surface area contributed by atoms with E-state index >= 15 is 0 Å². The van der Waals surface area contributed by atoms with E-state index in [1.165, 1.54) is 6.07 Å². The molecule has 2 aromatic rings. The topological polar surface area (TPSA) is 29.9 Å². The number of nitrogens with zero attached hydrogens (tertiary/aromatic N) is 2. The molecule has 0 aliphatic carbocycles. The summed E-state index contributed by atoms with van der Waals surface area (Å²) in [5.74, 6) is -1.69. The van der Waals surface area contributed by atoms with Crippen molar-refractivity contribution in [3.8, 4) is 0 Å². The van der Waals surface area contributed by atoms with Crippen molar-refractivity contribution in [2.24, 2.45) is 0 Å². The SMILES string of the molecule is CCn1cncc1CNc1ccc(F)c(F)c1. The van der Waals surface area contributed by atoms with Crippen LogP contribution in [0, 0.1) is 11.6 Å². The molecule has 1 N–H and O–H groups in total. The molecule has 1 heterocycles.